The summed E-state index contributed by atoms with van der Waals surface area (Å²) in [4.78, 5) is 0. The van der Waals surface area contributed by atoms with E-state index in [0.717, 1.165) is 42.4 Å². The van der Waals surface area contributed by atoms with Crippen LogP contribution in [0.5, 0.6) is 0 Å². The Morgan fingerprint density at radius 3 is 2.38 bits per heavy atom. The number of hydrogen-bond acceptors (Lipinski definition) is 1. The molecule has 0 aromatic heterocycles. The lowest BCUT2D eigenvalue weighted by molar-refractivity contribution is -0.133. The molecule has 0 aromatic carbocycles. The molecule has 5 aliphatic carbocycles. The third kappa shape index (κ3) is 2.67. The second kappa shape index (κ2) is 6.73. The Bertz CT molecular complexity index is 640. The van der Waals surface area contributed by atoms with Crippen LogP contribution in [-0.2, 0) is 0 Å². The second-order valence-electron chi connectivity index (χ2n) is 13.5. The van der Waals surface area contributed by atoms with Crippen molar-refractivity contribution in [1.29, 1.82) is 0 Å². The zero-order valence-electron chi connectivity index (χ0n) is 20.1. The molecule has 0 heterocycles. The van der Waals surface area contributed by atoms with Crippen LogP contribution in [0.25, 0.3) is 0 Å². The van der Waals surface area contributed by atoms with Gasteiger partial charge in [-0.2, -0.15) is 0 Å². The Kier molecular flexibility index (Phi) is 4.83. The molecule has 5 rings (SSSR count). The highest BCUT2D eigenvalue weighted by Crippen LogP contribution is 2.87. The summed E-state index contributed by atoms with van der Waals surface area (Å²) in [7, 11) is 0. The van der Waals surface area contributed by atoms with E-state index >= 15 is 0 Å². The van der Waals surface area contributed by atoms with Gasteiger partial charge in [-0.1, -0.05) is 53.9 Å². The zero-order chi connectivity index (χ0) is 20.7. The summed E-state index contributed by atoms with van der Waals surface area (Å²) in [6.07, 6.45) is 18.3. The number of rotatable bonds is 5. The monoisotopic (exact) mass is 400 g/mol. The van der Waals surface area contributed by atoms with Gasteiger partial charge in [-0.15, -0.1) is 0 Å². The molecule has 5 aliphatic rings. The Morgan fingerprint density at radius 1 is 0.828 bits per heavy atom. The van der Waals surface area contributed by atoms with Gasteiger partial charge in [0.25, 0.3) is 0 Å². The van der Waals surface area contributed by atoms with Crippen molar-refractivity contribution in [3.8, 4) is 0 Å². The van der Waals surface area contributed by atoms with Crippen molar-refractivity contribution in [3.63, 3.8) is 0 Å². The van der Waals surface area contributed by atoms with Gasteiger partial charge in [0.1, 0.15) is 0 Å². The minimum atomic E-state index is 0.00631. The van der Waals surface area contributed by atoms with Crippen molar-refractivity contribution >= 4 is 0 Å². The third-order valence-electron chi connectivity index (χ3n) is 12.3. The highest BCUT2D eigenvalue weighted by atomic mass is 16.3. The van der Waals surface area contributed by atoms with Crippen LogP contribution in [0.2, 0.25) is 0 Å². The smallest absolute Gasteiger partial charge is 0.0543 e. The van der Waals surface area contributed by atoms with Gasteiger partial charge in [-0.25, -0.2) is 0 Å². The van der Waals surface area contributed by atoms with E-state index in [-0.39, 0.29) is 6.10 Å². The molecule has 0 bridgehead atoms. The van der Waals surface area contributed by atoms with E-state index in [1.54, 1.807) is 0 Å². The average Bonchev–Trinajstić information content (AvgIpc) is 3.24. The van der Waals surface area contributed by atoms with Crippen molar-refractivity contribution in [2.24, 2.45) is 51.2 Å². The molecule has 5 saturated carbocycles. The molecular weight excluding hydrogens is 352 g/mol. The fourth-order valence-electron chi connectivity index (χ4n) is 10.6. The molecule has 0 saturated heterocycles. The van der Waals surface area contributed by atoms with Gasteiger partial charge in [0, 0.05) is 0 Å². The summed E-state index contributed by atoms with van der Waals surface area (Å²) >= 11 is 0. The maximum absolute atomic E-state index is 10.3. The van der Waals surface area contributed by atoms with Crippen LogP contribution in [0.15, 0.2) is 0 Å². The summed E-state index contributed by atoms with van der Waals surface area (Å²) in [6.45, 7) is 12.9. The van der Waals surface area contributed by atoms with E-state index < -0.39 is 0 Å². The van der Waals surface area contributed by atoms with Crippen molar-refractivity contribution in [2.75, 3.05) is 0 Å². The molecule has 2 spiro atoms. The van der Waals surface area contributed by atoms with Gasteiger partial charge in [-0.05, 0) is 115 Å². The van der Waals surface area contributed by atoms with Crippen LogP contribution >= 0.6 is 0 Å². The Hall–Kier alpha value is -0.0400. The predicted octanol–water partition coefficient (Wildman–Crippen LogP) is 7.61. The highest BCUT2D eigenvalue weighted by Gasteiger charge is 2.80. The van der Waals surface area contributed by atoms with E-state index in [2.05, 4.69) is 34.6 Å². The molecular formula is C28H48O. The molecule has 166 valence electrons. The summed E-state index contributed by atoms with van der Waals surface area (Å²) in [6, 6.07) is 0. The topological polar surface area (TPSA) is 20.2 Å². The fourth-order valence-corrected chi connectivity index (χ4v) is 10.6. The fraction of sp³-hybridized carbons (Fsp3) is 1.00. The molecule has 1 nitrogen and oxygen atoms in total. The minimum Gasteiger partial charge on any atom is -0.393 e. The lowest BCUT2D eigenvalue weighted by Crippen LogP contribution is -2.55. The maximum Gasteiger partial charge on any atom is 0.0543 e. The first-order valence-corrected chi connectivity index (χ1v) is 13.4. The standard InChI is InChI=1S/C28H48O/c1-19(2)7-6-8-20(3)23-12-13-26(5)24-10-9-21-17-22(29)11-14-27(21)18-28(24,27)16-15-25(23,26)4/h19-24,29H,6-18H2,1-5H3/t20-,21+,22+,23-,24+,25-,26+,27-,28+/m1/s1. The molecule has 0 radical (unpaired) electrons. The SMILES string of the molecule is CC(C)CCC[C@@H](C)[C@H]1CC[C@@]2(C)[C@@H]3CC[C@H]4C[C@@H](O)CC[C@@]45C[C@@]35CC[C@]12C. The third-order valence-corrected chi connectivity index (χ3v) is 12.3. The highest BCUT2D eigenvalue weighted by molar-refractivity contribution is 5.29. The molecule has 0 amide bonds. The molecule has 5 fully saturated rings. The van der Waals surface area contributed by atoms with Crippen LogP contribution in [-0.4, -0.2) is 11.2 Å². The number of fused-ring (bicyclic) bond motifs is 2. The van der Waals surface area contributed by atoms with Gasteiger partial charge in [-0.3, -0.25) is 0 Å². The maximum atomic E-state index is 10.3. The second-order valence-corrected chi connectivity index (χ2v) is 13.5. The van der Waals surface area contributed by atoms with Crippen LogP contribution in [0.3, 0.4) is 0 Å². The normalized spacial score (nSPS) is 54.3. The largest absolute Gasteiger partial charge is 0.393 e. The Balaban J connectivity index is 1.36. The predicted molar refractivity (Wildman–Crippen MR) is 122 cm³/mol. The molecule has 29 heavy (non-hydrogen) atoms. The van der Waals surface area contributed by atoms with Gasteiger partial charge in [0.05, 0.1) is 6.10 Å². The van der Waals surface area contributed by atoms with Gasteiger partial charge >= 0.3 is 0 Å². The molecule has 0 aromatic rings. The average molecular weight is 401 g/mol. The van der Waals surface area contributed by atoms with Crippen molar-refractivity contribution < 1.29 is 5.11 Å². The van der Waals surface area contributed by atoms with E-state index in [9.17, 15) is 5.11 Å². The number of aliphatic hydroxyl groups excluding tert-OH is 1. The van der Waals surface area contributed by atoms with E-state index in [4.69, 9.17) is 0 Å². The first-order valence-electron chi connectivity index (χ1n) is 13.4. The Labute approximate surface area is 180 Å². The quantitative estimate of drug-likeness (QED) is 0.503. The molecule has 0 aliphatic heterocycles. The van der Waals surface area contributed by atoms with Gasteiger partial charge in [0.2, 0.25) is 0 Å². The first kappa shape index (κ1) is 20.8. The molecule has 1 heteroatoms. The van der Waals surface area contributed by atoms with Crippen LogP contribution in [0, 0.1) is 51.2 Å². The molecule has 9 atom stereocenters. The molecule has 0 unspecified atom stereocenters. The minimum absolute atomic E-state index is 0.00631. The number of hydrogen-bond donors (Lipinski definition) is 1. The summed E-state index contributed by atoms with van der Waals surface area (Å²) in [5.41, 5.74) is 2.48. The lowest BCUT2D eigenvalue weighted by atomic mass is 9.43. The van der Waals surface area contributed by atoms with E-state index in [0.29, 0.717) is 21.7 Å². The van der Waals surface area contributed by atoms with Gasteiger partial charge < -0.3 is 5.11 Å². The van der Waals surface area contributed by atoms with Gasteiger partial charge in [0.15, 0.2) is 0 Å². The van der Waals surface area contributed by atoms with Crippen LogP contribution in [0.1, 0.15) is 118 Å². The summed E-state index contributed by atoms with van der Waals surface area (Å²) < 4.78 is 0. The van der Waals surface area contributed by atoms with Crippen LogP contribution in [0.4, 0.5) is 0 Å². The molecule has 1 N–H and O–H groups in total. The van der Waals surface area contributed by atoms with Crippen molar-refractivity contribution in [2.45, 2.75) is 124 Å². The van der Waals surface area contributed by atoms with E-state index in [1.165, 1.54) is 70.6 Å². The van der Waals surface area contributed by atoms with Crippen molar-refractivity contribution in [3.05, 3.63) is 0 Å². The first-order chi connectivity index (χ1) is 13.7. The lowest BCUT2D eigenvalue weighted by Gasteiger charge is -2.61. The van der Waals surface area contributed by atoms with Crippen LogP contribution < -0.4 is 0 Å². The number of aliphatic hydroxyl groups is 1. The summed E-state index contributed by atoms with van der Waals surface area (Å²) in [5, 5.41) is 10.3. The van der Waals surface area contributed by atoms with Crippen molar-refractivity contribution in [1.82, 2.24) is 0 Å². The van der Waals surface area contributed by atoms with E-state index in [1.807, 2.05) is 0 Å². The Morgan fingerprint density at radius 2 is 1.62 bits per heavy atom. The zero-order valence-corrected chi connectivity index (χ0v) is 20.1. The summed E-state index contributed by atoms with van der Waals surface area (Å²) in [5.74, 6) is 4.55.